The molecule has 7 nitrogen and oxygen atoms in total. The molecule has 0 saturated carbocycles. The number of hydrogen-bond acceptors (Lipinski definition) is 5. The maximum absolute atomic E-state index is 13.6. The van der Waals surface area contributed by atoms with Gasteiger partial charge in [-0.25, -0.2) is 4.79 Å². The smallest absolute Gasteiger partial charge is 0.342 e. The van der Waals surface area contributed by atoms with E-state index >= 15 is 0 Å². The molecule has 1 saturated heterocycles. The first-order valence-corrected chi connectivity index (χ1v) is 16.9. The molecule has 0 spiro atoms. The molecule has 1 N–H and O–H groups in total. The molecule has 0 aromatic heterocycles. The van der Waals surface area contributed by atoms with Crippen LogP contribution in [0.4, 0.5) is 0 Å². The van der Waals surface area contributed by atoms with Gasteiger partial charge in [-0.3, -0.25) is 14.5 Å². The van der Waals surface area contributed by atoms with Crippen molar-refractivity contribution in [3.63, 3.8) is 0 Å². The van der Waals surface area contributed by atoms with Gasteiger partial charge >= 0.3 is 5.97 Å². The lowest BCUT2D eigenvalue weighted by Crippen LogP contribution is -2.75. The minimum absolute atomic E-state index is 0.158. The lowest BCUT2D eigenvalue weighted by atomic mass is 10.0. The van der Waals surface area contributed by atoms with Gasteiger partial charge in [-0.15, -0.1) is 0 Å². The lowest BCUT2D eigenvalue weighted by molar-refractivity contribution is -0.148. The van der Waals surface area contributed by atoms with Crippen LogP contribution in [0.15, 0.2) is 41.6 Å². The Labute approximate surface area is 214 Å². The molecule has 2 aliphatic heterocycles. The summed E-state index contributed by atoms with van der Waals surface area (Å²) in [6.07, 6.45) is 2.81. The van der Waals surface area contributed by atoms with Gasteiger partial charge in [0, 0.05) is 16.5 Å². The number of nitrogens with zero attached hydrogens (tertiary/aromatic N) is 1. The summed E-state index contributed by atoms with van der Waals surface area (Å²) < 4.78 is 19.3. The predicted molar refractivity (Wildman–Crippen MR) is 139 cm³/mol. The molecule has 2 amide bonds. The van der Waals surface area contributed by atoms with Crippen LogP contribution < -0.4 is 5.32 Å². The summed E-state index contributed by atoms with van der Waals surface area (Å²) in [5, 5.41) is 2.26. The van der Waals surface area contributed by atoms with Gasteiger partial charge in [-0.05, 0) is 41.4 Å². The molecule has 2 aliphatic rings. The molecule has 3 rings (SSSR count). The van der Waals surface area contributed by atoms with E-state index < -0.39 is 48.7 Å². The highest BCUT2D eigenvalue weighted by molar-refractivity contribution is 9.09. The highest BCUT2D eigenvalue weighted by Gasteiger charge is 2.61. The van der Waals surface area contributed by atoms with Gasteiger partial charge in [0.05, 0.1) is 0 Å². The van der Waals surface area contributed by atoms with Crippen LogP contribution in [-0.2, 0) is 25.2 Å². The van der Waals surface area contributed by atoms with E-state index in [0.717, 1.165) is 37.4 Å². The van der Waals surface area contributed by atoms with Crippen molar-refractivity contribution in [2.45, 2.75) is 69.6 Å². The molecule has 34 heavy (non-hydrogen) atoms. The van der Waals surface area contributed by atoms with Crippen LogP contribution in [0.25, 0.3) is 0 Å². The Morgan fingerprint density at radius 2 is 1.74 bits per heavy atom. The number of nitrogens with one attached hydrogen (secondary N) is 1. The Morgan fingerprint density at radius 3 is 2.26 bits per heavy atom. The van der Waals surface area contributed by atoms with Gasteiger partial charge in [0.15, 0.2) is 6.04 Å². The van der Waals surface area contributed by atoms with E-state index in [2.05, 4.69) is 42.0 Å². The summed E-state index contributed by atoms with van der Waals surface area (Å²) in [6, 6.07) is 10.3. The second-order valence-corrected chi connectivity index (χ2v) is 15.0. The predicted octanol–water partition coefficient (Wildman–Crippen LogP) is 4.08. The number of amides is 2. The van der Waals surface area contributed by atoms with E-state index in [4.69, 9.17) is 4.43 Å². The van der Waals surface area contributed by atoms with Crippen molar-refractivity contribution in [3.05, 3.63) is 47.2 Å². The fourth-order valence-corrected chi connectivity index (χ4v) is 11.6. The number of β-lactam (4-membered cyclic amide) rings is 1. The molecular weight excluding hydrogens is 536 g/mol. The van der Waals surface area contributed by atoms with Crippen molar-refractivity contribution in [2.24, 2.45) is 0 Å². The molecule has 2 unspecified atom stereocenters. The molecule has 0 radical (unpaired) electrons. The van der Waals surface area contributed by atoms with Gasteiger partial charge in [-0.2, -0.15) is 0 Å². The Morgan fingerprint density at radius 1 is 1.15 bits per heavy atom. The van der Waals surface area contributed by atoms with E-state index in [9.17, 15) is 18.9 Å². The van der Waals surface area contributed by atoms with Crippen LogP contribution in [0.1, 0.15) is 50.4 Å². The molecular formula is C24H33BrN2O5SSi. The van der Waals surface area contributed by atoms with Crippen molar-refractivity contribution < 1.29 is 23.4 Å². The highest BCUT2D eigenvalue weighted by atomic mass is 79.9. The third-order valence-corrected chi connectivity index (χ3v) is 13.5. The van der Waals surface area contributed by atoms with Crippen LogP contribution in [0.3, 0.4) is 0 Å². The fourth-order valence-electron chi connectivity index (χ4n) is 4.90. The van der Waals surface area contributed by atoms with Crippen LogP contribution >= 0.6 is 15.9 Å². The summed E-state index contributed by atoms with van der Waals surface area (Å²) in [4.78, 5) is 40.6. The lowest BCUT2D eigenvalue weighted by Gasteiger charge is -2.49. The van der Waals surface area contributed by atoms with Gasteiger partial charge < -0.3 is 14.3 Å². The Kier molecular flexibility index (Phi) is 9.42. The molecule has 2 heterocycles. The van der Waals surface area contributed by atoms with Crippen LogP contribution in [0.2, 0.25) is 18.1 Å². The summed E-state index contributed by atoms with van der Waals surface area (Å²) in [7, 11) is -2.32. The maximum Gasteiger partial charge on any atom is 0.342 e. The number of carbonyl (C=O) groups excluding carboxylic acids is 3. The van der Waals surface area contributed by atoms with Gasteiger partial charge in [-0.1, -0.05) is 74.2 Å². The van der Waals surface area contributed by atoms with E-state index in [1.165, 1.54) is 4.90 Å². The third kappa shape index (κ3) is 5.45. The number of hydrogen-bond donors (Lipinski definition) is 1. The minimum atomic E-state index is -2.32. The second-order valence-electron chi connectivity index (χ2n) is 8.85. The largest absolute Gasteiger partial charge is 0.614 e. The van der Waals surface area contributed by atoms with Crippen molar-refractivity contribution in [2.75, 3.05) is 11.1 Å². The zero-order valence-electron chi connectivity index (χ0n) is 20.0. The Balaban J connectivity index is 1.85. The van der Waals surface area contributed by atoms with Crippen molar-refractivity contribution >= 4 is 53.2 Å². The topological polar surface area (TPSA) is 98.8 Å². The summed E-state index contributed by atoms with van der Waals surface area (Å²) in [5.41, 5.74) is 1.23. The number of rotatable bonds is 11. The average Bonchev–Trinajstić information content (AvgIpc) is 2.82. The number of carbonyl (C=O) groups is 3. The first-order chi connectivity index (χ1) is 16.3. The SMILES string of the molecule is CCC[Si](CCC)(CCC)OC(=O)C1=C(CBr)C[S+]([O-])[C@H]2C(NC(=O)c3ccccc3)C(=O)N12. The third-order valence-electron chi connectivity index (χ3n) is 6.31. The molecule has 0 bridgehead atoms. The van der Waals surface area contributed by atoms with E-state index in [-0.39, 0.29) is 11.4 Å². The number of alkyl halides is 1. The van der Waals surface area contributed by atoms with E-state index in [1.807, 2.05) is 0 Å². The molecule has 186 valence electrons. The zero-order chi connectivity index (χ0) is 24.9. The monoisotopic (exact) mass is 568 g/mol. The summed E-state index contributed by atoms with van der Waals surface area (Å²) in [6.45, 7) is 6.30. The number of halogens is 1. The quantitative estimate of drug-likeness (QED) is 0.187. The molecule has 1 aromatic rings. The first-order valence-electron chi connectivity index (χ1n) is 11.9. The second kappa shape index (κ2) is 11.9. The van der Waals surface area contributed by atoms with E-state index in [0.29, 0.717) is 16.5 Å². The van der Waals surface area contributed by atoms with E-state index in [1.54, 1.807) is 30.3 Å². The maximum atomic E-state index is 13.6. The normalized spacial score (nSPS) is 22.2. The first kappa shape index (κ1) is 27.0. The molecule has 10 heteroatoms. The minimum Gasteiger partial charge on any atom is -0.614 e. The Hall–Kier alpha value is -1.62. The van der Waals surface area contributed by atoms with Gasteiger partial charge in [0.2, 0.25) is 5.37 Å². The standard InChI is InChI=1S/C24H33BrN2O5SSi/c1-4-12-34(13-5-2,14-6-3)32-24(30)20-18(15-25)16-33(31)23-19(22(29)27(20)23)26-21(28)17-10-8-7-9-11-17/h7-11,19,23H,4-6,12-16H2,1-3H3,(H,26,28)/t19?,23-,33?/m0/s1. The molecule has 0 aliphatic carbocycles. The molecule has 1 fully saturated rings. The average molecular weight is 570 g/mol. The zero-order valence-corrected chi connectivity index (χ0v) is 23.4. The van der Waals surface area contributed by atoms with Gasteiger partial charge in [0.1, 0.15) is 11.4 Å². The van der Waals surface area contributed by atoms with Crippen LogP contribution in [-0.4, -0.2) is 58.1 Å². The molecule has 3 atom stereocenters. The van der Waals surface area contributed by atoms with Crippen molar-refractivity contribution in [3.8, 4) is 0 Å². The van der Waals surface area contributed by atoms with Crippen molar-refractivity contribution in [1.82, 2.24) is 10.2 Å². The fraction of sp³-hybridized carbons (Fsp3) is 0.542. The van der Waals surface area contributed by atoms with Gasteiger partial charge in [0.25, 0.3) is 20.1 Å². The number of benzene rings is 1. The highest BCUT2D eigenvalue weighted by Crippen LogP contribution is 2.39. The molecule has 1 aromatic carbocycles. The van der Waals surface area contributed by atoms with Crippen LogP contribution in [0.5, 0.6) is 0 Å². The van der Waals surface area contributed by atoms with Crippen LogP contribution in [0, 0.1) is 0 Å². The summed E-state index contributed by atoms with van der Waals surface area (Å²) in [5.74, 6) is -1.16. The number of fused-ring (bicyclic) bond motifs is 1. The Bertz CT molecular complexity index is 928. The summed E-state index contributed by atoms with van der Waals surface area (Å²) >= 11 is 1.95. The van der Waals surface area contributed by atoms with Crippen molar-refractivity contribution in [1.29, 1.82) is 0 Å².